The molecule has 2 aliphatic carbocycles. The molecule has 0 aliphatic heterocycles. The zero-order valence-electron chi connectivity index (χ0n) is 42.8. The molecule has 0 fully saturated rings. The lowest BCUT2D eigenvalue weighted by molar-refractivity contribution is 0.590. The highest BCUT2D eigenvalue weighted by molar-refractivity contribution is 5.96. The first-order valence-electron chi connectivity index (χ1n) is 24.3. The molecular weight excluding hydrogens is 821 g/mol. The molecule has 2 aliphatic rings. The Hall–Kier alpha value is -6.90. The summed E-state index contributed by atoms with van der Waals surface area (Å²) in [7, 11) is 0. The lowest BCUT2D eigenvalue weighted by Gasteiger charge is -2.34. The van der Waals surface area contributed by atoms with Crippen molar-refractivity contribution in [3.05, 3.63) is 246 Å². The number of nitrogens with zero attached hydrogens (tertiary/aromatic N) is 2. The normalized spacial score (nSPS) is 15.6. The van der Waals surface area contributed by atoms with Crippen LogP contribution in [0.1, 0.15) is 122 Å². The van der Waals surface area contributed by atoms with Crippen molar-refractivity contribution in [2.75, 3.05) is 9.80 Å². The van der Waals surface area contributed by atoms with E-state index in [-0.39, 0.29) is 10.8 Å². The summed E-state index contributed by atoms with van der Waals surface area (Å²) in [5.74, 6) is 0.399. The maximum atomic E-state index is 4.46. The fraction of sp³-hybridized carbons (Fsp3) is 0.242. The number of anilines is 4. The van der Waals surface area contributed by atoms with Gasteiger partial charge >= 0.3 is 0 Å². The van der Waals surface area contributed by atoms with Crippen molar-refractivity contribution in [1.82, 2.24) is 0 Å². The maximum Gasteiger partial charge on any atom is 0.0543 e. The van der Waals surface area contributed by atoms with Gasteiger partial charge in [-0.05, 0) is 173 Å². The van der Waals surface area contributed by atoms with Crippen molar-refractivity contribution in [2.45, 2.75) is 99.3 Å². The van der Waals surface area contributed by atoms with Gasteiger partial charge in [-0.15, -0.1) is 0 Å². The number of rotatable bonds is 18. The maximum absolute atomic E-state index is 4.46. The average molecular weight is 895 g/mol. The molecule has 6 rings (SSSR count). The van der Waals surface area contributed by atoms with Crippen molar-refractivity contribution in [3.8, 4) is 11.1 Å². The molecule has 0 saturated heterocycles. The Morgan fingerprint density at radius 2 is 1.50 bits per heavy atom. The Labute approximate surface area is 410 Å². The number of allylic oxidation sites excluding steroid dienone is 16. The van der Waals surface area contributed by atoms with Crippen LogP contribution < -0.4 is 9.80 Å². The molecule has 2 nitrogen and oxygen atoms in total. The molecule has 0 aromatic heterocycles. The van der Waals surface area contributed by atoms with Gasteiger partial charge in [0.1, 0.15) is 0 Å². The molecule has 0 N–H and O–H groups in total. The predicted octanol–water partition coefficient (Wildman–Crippen LogP) is 19.4. The van der Waals surface area contributed by atoms with Gasteiger partial charge in [0, 0.05) is 39.4 Å². The number of hydrogen-bond donors (Lipinski definition) is 0. The van der Waals surface area contributed by atoms with E-state index < -0.39 is 0 Å². The second-order valence-corrected chi connectivity index (χ2v) is 19.5. The Morgan fingerprint density at radius 1 is 0.794 bits per heavy atom. The van der Waals surface area contributed by atoms with E-state index in [4.69, 9.17) is 0 Å². The van der Waals surface area contributed by atoms with Gasteiger partial charge in [-0.25, -0.2) is 0 Å². The summed E-state index contributed by atoms with van der Waals surface area (Å²) < 4.78 is 0. The summed E-state index contributed by atoms with van der Waals surface area (Å²) in [6.07, 6.45) is 29.6. The molecule has 0 heterocycles. The summed E-state index contributed by atoms with van der Waals surface area (Å²) in [6, 6.07) is 27.5. The second kappa shape index (κ2) is 21.4. The number of fused-ring (bicyclic) bond motifs is 3. The smallest absolute Gasteiger partial charge is 0.0543 e. The predicted molar refractivity (Wildman–Crippen MR) is 303 cm³/mol. The van der Waals surface area contributed by atoms with Gasteiger partial charge in [-0.2, -0.15) is 0 Å². The van der Waals surface area contributed by atoms with Crippen LogP contribution in [0, 0.1) is 5.92 Å². The van der Waals surface area contributed by atoms with Crippen molar-refractivity contribution in [1.29, 1.82) is 0 Å². The molecule has 0 bridgehead atoms. The summed E-state index contributed by atoms with van der Waals surface area (Å²) in [5, 5.41) is 0. The third-order valence-corrected chi connectivity index (χ3v) is 14.0. The highest BCUT2D eigenvalue weighted by atomic mass is 15.2. The van der Waals surface area contributed by atoms with Crippen LogP contribution in [0.25, 0.3) is 28.9 Å². The van der Waals surface area contributed by atoms with E-state index >= 15 is 0 Å². The van der Waals surface area contributed by atoms with Gasteiger partial charge in [0.25, 0.3) is 0 Å². The Morgan fingerprint density at radius 3 is 2.10 bits per heavy atom. The van der Waals surface area contributed by atoms with E-state index in [2.05, 4.69) is 222 Å². The molecule has 0 spiro atoms. The van der Waals surface area contributed by atoms with Crippen LogP contribution in [0.5, 0.6) is 0 Å². The van der Waals surface area contributed by atoms with Gasteiger partial charge in [-0.3, -0.25) is 0 Å². The molecule has 68 heavy (non-hydrogen) atoms. The first-order chi connectivity index (χ1) is 32.6. The highest BCUT2D eigenvalue weighted by Crippen LogP contribution is 2.55. The number of benzene rings is 4. The molecule has 4 aromatic carbocycles. The lowest BCUT2D eigenvalue weighted by Crippen LogP contribution is -2.22. The van der Waals surface area contributed by atoms with Crippen molar-refractivity contribution >= 4 is 40.5 Å². The summed E-state index contributed by atoms with van der Waals surface area (Å²) in [5.41, 5.74) is 21.8. The van der Waals surface area contributed by atoms with E-state index in [1.807, 2.05) is 48.6 Å². The monoisotopic (exact) mass is 895 g/mol. The minimum Gasteiger partial charge on any atom is -0.311 e. The van der Waals surface area contributed by atoms with E-state index in [0.717, 1.165) is 58.8 Å². The minimum atomic E-state index is -0.382. The lowest BCUT2D eigenvalue weighted by atomic mass is 9.80. The molecule has 348 valence electrons. The molecule has 0 amide bonds. The van der Waals surface area contributed by atoms with Gasteiger partial charge < -0.3 is 9.80 Å². The first kappa shape index (κ1) is 50.5. The zero-order valence-corrected chi connectivity index (χ0v) is 42.8. The molecule has 0 radical (unpaired) electrons. The second-order valence-electron chi connectivity index (χ2n) is 19.5. The molecule has 0 saturated carbocycles. The van der Waals surface area contributed by atoms with Crippen LogP contribution in [-0.2, 0) is 10.8 Å². The summed E-state index contributed by atoms with van der Waals surface area (Å²) >= 11 is 0. The molecule has 4 aromatic rings. The minimum absolute atomic E-state index is 0.0446. The van der Waals surface area contributed by atoms with E-state index in [0.29, 0.717) is 5.92 Å². The van der Waals surface area contributed by atoms with Gasteiger partial charge in [0.2, 0.25) is 0 Å². The Kier molecular flexibility index (Phi) is 15.9. The topological polar surface area (TPSA) is 6.48 Å². The fourth-order valence-corrected chi connectivity index (χ4v) is 9.97. The van der Waals surface area contributed by atoms with Crippen LogP contribution in [-0.4, -0.2) is 0 Å². The largest absolute Gasteiger partial charge is 0.311 e. The highest BCUT2D eigenvalue weighted by Gasteiger charge is 2.40. The zero-order chi connectivity index (χ0) is 49.5. The molecule has 2 heteroatoms. The van der Waals surface area contributed by atoms with Crippen LogP contribution in [0.15, 0.2) is 213 Å². The van der Waals surface area contributed by atoms with Gasteiger partial charge in [-0.1, -0.05) is 185 Å². The molecular formula is C66H74N2. The SMILES string of the molecule is C=C/C=C\C=C(\c1ccc(N(C2=CCCC(C(/C=C\C)=C(\C)C=C)=C2C)c2ccc3c(c2)C(C)(C)c2cc(N(/C(C=C)=C/C=C)c4cccc(C(C)(C)C)c4)c(C=C)c(C=C)c2-3)cc1)C(C)CC. The van der Waals surface area contributed by atoms with Crippen LogP contribution in [0.4, 0.5) is 22.7 Å². The quantitative estimate of drug-likeness (QED) is 0.0919. The van der Waals surface area contributed by atoms with Crippen molar-refractivity contribution < 1.29 is 0 Å². The first-order valence-corrected chi connectivity index (χ1v) is 24.3. The van der Waals surface area contributed by atoms with E-state index in [9.17, 15) is 0 Å². The van der Waals surface area contributed by atoms with Crippen molar-refractivity contribution in [2.24, 2.45) is 5.92 Å². The third kappa shape index (κ3) is 9.74. The van der Waals surface area contributed by atoms with E-state index in [1.54, 1.807) is 0 Å². The molecule has 1 unspecified atom stereocenters. The van der Waals surface area contributed by atoms with Crippen LogP contribution in [0.3, 0.4) is 0 Å². The third-order valence-electron chi connectivity index (χ3n) is 14.0. The van der Waals surface area contributed by atoms with Crippen LogP contribution in [0.2, 0.25) is 0 Å². The van der Waals surface area contributed by atoms with Crippen LogP contribution >= 0.6 is 0 Å². The fourth-order valence-electron chi connectivity index (χ4n) is 9.97. The summed E-state index contributed by atoms with van der Waals surface area (Å²) in [4.78, 5) is 4.78. The average Bonchev–Trinajstić information content (AvgIpc) is 3.56. The summed E-state index contributed by atoms with van der Waals surface area (Å²) in [6.45, 7) is 47.9. The van der Waals surface area contributed by atoms with Gasteiger partial charge in [0.15, 0.2) is 0 Å². The van der Waals surface area contributed by atoms with Gasteiger partial charge in [0.05, 0.1) is 5.69 Å². The number of hydrogen-bond acceptors (Lipinski definition) is 2. The van der Waals surface area contributed by atoms with Crippen molar-refractivity contribution in [3.63, 3.8) is 0 Å². The Balaban J connectivity index is 1.61. The Bertz CT molecular complexity index is 2860. The molecule has 1 atom stereocenters. The van der Waals surface area contributed by atoms with E-state index in [1.165, 1.54) is 66.9 Å². The standard InChI is InChI=1S/C66H74N2/c1-17-25-26-33-56(45(9)20-4)48-36-38-51(39-37-48)68(62-35-28-34-58(47(62)11)57(30-19-3)46(10)21-5)53-40-41-59-60(43-53)66(15,16)61-44-63(54(23-7)55(24-8)64(59)61)67(50(22-6)29-18-2)52-32-27-31-49(42-52)65(12,13)14/h17-19,21-27,29-33,35-45H,1-2,5-8,20,28,34H2,3-4,9-16H3/b26-25-,30-19-,50-29+,56-33+,57-46+.